The Hall–Kier alpha value is -1.59. The summed E-state index contributed by atoms with van der Waals surface area (Å²) in [7, 11) is -5.98. The lowest BCUT2D eigenvalue weighted by atomic mass is 9.86. The van der Waals surface area contributed by atoms with E-state index >= 15 is 0 Å². The minimum atomic E-state index is -2.12. The molecule has 0 bridgehead atoms. The van der Waals surface area contributed by atoms with Crippen LogP contribution in [0.4, 0.5) is 0 Å². The average Bonchev–Trinajstić information content (AvgIpc) is 4.05. The molecule has 0 N–H and O–H groups in total. The topological polar surface area (TPSA) is 111 Å². The lowest BCUT2D eigenvalue weighted by Gasteiger charge is -2.40. The molecule has 378 valence electrons. The third kappa shape index (κ3) is 17.4. The van der Waals surface area contributed by atoms with Gasteiger partial charge in [-0.3, -0.25) is 9.59 Å². The van der Waals surface area contributed by atoms with Gasteiger partial charge in [0.1, 0.15) is 23.6 Å². The van der Waals surface area contributed by atoms with Gasteiger partial charge in [0.25, 0.3) is 0 Å². The van der Waals surface area contributed by atoms with E-state index in [4.69, 9.17) is 37.0 Å². The number of ether oxygens (including phenoxy) is 5. The Morgan fingerprint density at radius 3 is 1.94 bits per heavy atom. The molecule has 0 spiro atoms. The molecule has 0 aliphatic carbocycles. The van der Waals surface area contributed by atoms with Crippen LogP contribution in [0.2, 0.25) is 54.4 Å². The largest absolute Gasteiger partial charge is 0.483 e. The molecule has 2 heterocycles. The number of carbonyl (C=O) groups excluding carboxylic acids is 2. The van der Waals surface area contributed by atoms with Crippen LogP contribution in [0.15, 0.2) is 36.1 Å². The molecule has 0 aromatic rings. The van der Waals surface area contributed by atoms with Crippen LogP contribution in [0.5, 0.6) is 0 Å². The number of rotatable bonds is 28. The molecule has 0 aromatic carbocycles. The predicted molar refractivity (Wildman–Crippen MR) is 274 cm³/mol. The zero-order chi connectivity index (χ0) is 49.2. The monoisotopic (exact) mass is 967 g/mol. The minimum absolute atomic E-state index is 0.00902. The van der Waals surface area contributed by atoms with Crippen LogP contribution in [-0.2, 0) is 46.6 Å². The molecule has 1 saturated heterocycles. The van der Waals surface area contributed by atoms with Gasteiger partial charge in [0.15, 0.2) is 37.3 Å². The molecule has 2 aliphatic rings. The lowest BCUT2D eigenvalue weighted by molar-refractivity contribution is -0.227. The maximum atomic E-state index is 14.2. The maximum Gasteiger partial charge on any atom is 0.308 e. The molecule has 11 unspecified atom stereocenters. The second-order valence-corrected chi connectivity index (χ2v) is 33.9. The minimum Gasteiger partial charge on any atom is -0.483 e. The van der Waals surface area contributed by atoms with E-state index in [-0.39, 0.29) is 48.5 Å². The van der Waals surface area contributed by atoms with Gasteiger partial charge in [0, 0.05) is 25.4 Å². The highest BCUT2D eigenvalue weighted by Gasteiger charge is 2.47. The second-order valence-electron chi connectivity index (χ2n) is 19.8. The highest BCUT2D eigenvalue weighted by atomic mass is 28.4. The maximum absolute atomic E-state index is 14.2. The fraction of sp³-hybridized carbons (Fsp3) is 0.846. The summed E-state index contributed by atoms with van der Waals surface area (Å²) in [6, 6.07) is 9.35. The molecule has 0 amide bonds. The SMILES string of the molecule is CCOC(C)OC1(C)CCC(O[Si](CC)(CC)CC)CC(=O)OC(C(C)C/C=C/C(C)(C=C2OC2C(C)C(CC)O[Si](CC)(CC)CC)O[Si](CC)(CC)CC)C(C)/C=C/C1OC(C)=O. The van der Waals surface area contributed by atoms with Crippen molar-refractivity contribution >= 4 is 36.9 Å². The van der Waals surface area contributed by atoms with Gasteiger partial charge < -0.3 is 37.0 Å². The van der Waals surface area contributed by atoms with Gasteiger partial charge in [-0.1, -0.05) is 108 Å². The zero-order valence-corrected chi connectivity index (χ0v) is 47.8. The van der Waals surface area contributed by atoms with Crippen molar-refractivity contribution in [1.29, 1.82) is 0 Å². The Labute approximate surface area is 401 Å². The first-order valence-corrected chi connectivity index (χ1v) is 33.7. The molecule has 0 aromatic heterocycles. The number of allylic oxidation sites excluding steroid dienone is 1. The van der Waals surface area contributed by atoms with Gasteiger partial charge in [-0.15, -0.1) is 0 Å². The van der Waals surface area contributed by atoms with E-state index in [9.17, 15) is 9.59 Å². The van der Waals surface area contributed by atoms with Gasteiger partial charge in [0.2, 0.25) is 0 Å². The fourth-order valence-corrected chi connectivity index (χ4v) is 19.1. The summed E-state index contributed by atoms with van der Waals surface area (Å²) in [4.78, 5) is 26.8. The second kappa shape index (κ2) is 27.6. The van der Waals surface area contributed by atoms with Gasteiger partial charge in [-0.2, -0.15) is 0 Å². The summed E-state index contributed by atoms with van der Waals surface area (Å²) < 4.78 is 52.9. The normalized spacial score (nSPS) is 27.7. The molecule has 11 atom stereocenters. The van der Waals surface area contributed by atoms with Crippen molar-refractivity contribution in [3.8, 4) is 0 Å². The summed E-state index contributed by atoms with van der Waals surface area (Å²) in [6.45, 7) is 38.9. The first-order valence-electron chi connectivity index (χ1n) is 26.1. The first-order chi connectivity index (χ1) is 30.6. The Balaban J connectivity index is 2.60. The number of hydrogen-bond acceptors (Lipinski definition) is 10. The van der Waals surface area contributed by atoms with E-state index in [1.165, 1.54) is 6.92 Å². The van der Waals surface area contributed by atoms with Crippen molar-refractivity contribution in [3.63, 3.8) is 0 Å². The van der Waals surface area contributed by atoms with Gasteiger partial charge in [-0.05, 0) is 126 Å². The third-order valence-electron chi connectivity index (χ3n) is 15.4. The summed E-state index contributed by atoms with van der Waals surface area (Å²) in [5, 5.41) is 0. The summed E-state index contributed by atoms with van der Waals surface area (Å²) in [5.41, 5.74) is -1.63. The zero-order valence-electron chi connectivity index (χ0n) is 44.8. The van der Waals surface area contributed by atoms with Crippen LogP contribution in [0.25, 0.3) is 0 Å². The van der Waals surface area contributed by atoms with E-state index in [2.05, 4.69) is 115 Å². The Bertz CT molecular complexity index is 1480. The Morgan fingerprint density at radius 2 is 1.43 bits per heavy atom. The smallest absolute Gasteiger partial charge is 0.308 e. The van der Waals surface area contributed by atoms with Crippen LogP contribution in [0.1, 0.15) is 157 Å². The van der Waals surface area contributed by atoms with Gasteiger partial charge in [0.05, 0.1) is 24.2 Å². The standard InChI is InChI=1S/C52H98O10Si3/c1-19-45(61-64(24-6,25-7)26-8)41(14)50-46(57-50)38-51(17,62-65(27-9,28-10)29-11)35-30-31-39(12)49-40(13)32-33-47(56-42(15)53)52(18,59-43(16)55-20-2)36-34-44(37-48(54)58-49)60-63(21-3,22-4)23-5/h30,32-33,35,38-41,43-45,47,49-50H,19-29,31,34,36-37H2,1-18H3/b33-32+,35-30+,46-38?. The number of hydrogen-bond donors (Lipinski definition) is 0. The summed E-state index contributed by atoms with van der Waals surface area (Å²) in [6.07, 6.45) is 11.4. The van der Waals surface area contributed by atoms with Crippen LogP contribution in [0.3, 0.4) is 0 Å². The molecule has 10 nitrogen and oxygen atoms in total. The molecule has 13 heteroatoms. The fourth-order valence-electron chi connectivity index (χ4n) is 10.1. The van der Waals surface area contributed by atoms with Crippen molar-refractivity contribution in [2.75, 3.05) is 6.61 Å². The van der Waals surface area contributed by atoms with Crippen molar-refractivity contribution in [3.05, 3.63) is 36.1 Å². The third-order valence-corrected chi connectivity index (χ3v) is 29.5. The predicted octanol–water partition coefficient (Wildman–Crippen LogP) is 13.8. The molecule has 0 radical (unpaired) electrons. The van der Waals surface area contributed by atoms with Crippen LogP contribution < -0.4 is 0 Å². The molecule has 2 rings (SSSR count). The van der Waals surface area contributed by atoms with Crippen molar-refractivity contribution in [2.45, 2.75) is 259 Å². The molecule has 65 heavy (non-hydrogen) atoms. The van der Waals surface area contributed by atoms with E-state index in [0.29, 0.717) is 25.9 Å². The van der Waals surface area contributed by atoms with E-state index in [1.807, 2.05) is 32.9 Å². The average molecular weight is 968 g/mol. The van der Waals surface area contributed by atoms with Crippen LogP contribution >= 0.6 is 0 Å². The molecule has 1 fully saturated rings. The van der Waals surface area contributed by atoms with Crippen LogP contribution in [0, 0.1) is 17.8 Å². The van der Waals surface area contributed by atoms with E-state index < -0.39 is 60.6 Å². The van der Waals surface area contributed by atoms with Crippen LogP contribution in [-0.4, -0.2) is 91.5 Å². The number of cyclic esters (lactones) is 1. The molecule has 0 saturated carbocycles. The highest BCUT2D eigenvalue weighted by Crippen LogP contribution is 2.42. The van der Waals surface area contributed by atoms with Gasteiger partial charge in [-0.25, -0.2) is 0 Å². The number of epoxide rings is 1. The molecule has 2 aliphatic heterocycles. The van der Waals surface area contributed by atoms with Gasteiger partial charge >= 0.3 is 11.9 Å². The molecular weight excluding hydrogens is 869 g/mol. The summed E-state index contributed by atoms with van der Waals surface area (Å²) >= 11 is 0. The van der Waals surface area contributed by atoms with Crippen molar-refractivity contribution in [1.82, 2.24) is 0 Å². The number of carbonyl (C=O) groups is 2. The quantitative estimate of drug-likeness (QED) is 0.0247. The Morgan fingerprint density at radius 1 is 0.862 bits per heavy atom. The molecular formula is C52H98O10Si3. The lowest BCUT2D eigenvalue weighted by Crippen LogP contribution is -2.48. The highest BCUT2D eigenvalue weighted by molar-refractivity contribution is 6.74. The Kier molecular flexibility index (Phi) is 25.2. The number of esters is 2. The van der Waals surface area contributed by atoms with Crippen molar-refractivity contribution < 1.29 is 46.6 Å². The van der Waals surface area contributed by atoms with E-state index in [0.717, 1.165) is 66.6 Å². The van der Waals surface area contributed by atoms with Crippen molar-refractivity contribution in [2.24, 2.45) is 17.8 Å². The first kappa shape index (κ1) is 59.5. The summed E-state index contributed by atoms with van der Waals surface area (Å²) in [5.74, 6) is 0.299. The van der Waals surface area contributed by atoms with E-state index in [1.54, 1.807) is 0 Å².